The van der Waals surface area contributed by atoms with Crippen molar-refractivity contribution in [3.63, 3.8) is 0 Å². The van der Waals surface area contributed by atoms with Crippen molar-refractivity contribution < 1.29 is 0 Å². The quantitative estimate of drug-likeness (QED) is 0.712. The van der Waals surface area contributed by atoms with Crippen molar-refractivity contribution in [2.75, 3.05) is 10.9 Å². The summed E-state index contributed by atoms with van der Waals surface area (Å²) in [5.41, 5.74) is 8.68. The van der Waals surface area contributed by atoms with Crippen LogP contribution in [0.3, 0.4) is 0 Å². The molecular weight excluding hydrogens is 260 g/mol. The van der Waals surface area contributed by atoms with Crippen molar-refractivity contribution in [3.8, 4) is 0 Å². The van der Waals surface area contributed by atoms with Gasteiger partial charge in [0.1, 0.15) is 0 Å². The lowest BCUT2D eigenvalue weighted by Gasteiger charge is -2.09. The number of benzene rings is 2. The van der Waals surface area contributed by atoms with E-state index in [1.807, 2.05) is 48.5 Å². The molecule has 3 aromatic rings. The summed E-state index contributed by atoms with van der Waals surface area (Å²) >= 11 is 5.82. The van der Waals surface area contributed by atoms with E-state index in [0.717, 1.165) is 16.7 Å². The van der Waals surface area contributed by atoms with Gasteiger partial charge in [0.2, 0.25) is 0 Å². The van der Waals surface area contributed by atoms with Gasteiger partial charge in [0.15, 0.2) is 5.82 Å². The van der Waals surface area contributed by atoms with Crippen molar-refractivity contribution in [2.45, 2.75) is 0 Å². The second-order valence-corrected chi connectivity index (χ2v) is 4.44. The van der Waals surface area contributed by atoms with Gasteiger partial charge in [-0.2, -0.15) is 0 Å². The summed E-state index contributed by atoms with van der Waals surface area (Å²) in [5, 5.41) is 0.705. The molecule has 5 heteroatoms. The Hall–Kier alpha value is -2.33. The minimum absolute atomic E-state index is 0.661. The zero-order valence-corrected chi connectivity index (χ0v) is 10.7. The number of nitrogens with zero attached hydrogens (tertiary/aromatic N) is 2. The van der Waals surface area contributed by atoms with Gasteiger partial charge in [0.25, 0.3) is 0 Å². The minimum atomic E-state index is 0.661. The van der Waals surface area contributed by atoms with Crippen molar-refractivity contribution >= 4 is 34.1 Å². The molecule has 0 amide bonds. The predicted octanol–water partition coefficient (Wildman–Crippen LogP) is 3.72. The van der Waals surface area contributed by atoms with Crippen molar-refractivity contribution in [1.29, 1.82) is 0 Å². The fourth-order valence-corrected chi connectivity index (χ4v) is 1.81. The molecule has 94 valence electrons. The smallest absolute Gasteiger partial charge is 0.163 e. The third-order valence-electron chi connectivity index (χ3n) is 2.63. The lowest BCUT2D eigenvalue weighted by Crippen LogP contribution is -2.10. The zero-order valence-electron chi connectivity index (χ0n) is 9.97. The molecule has 0 saturated carbocycles. The van der Waals surface area contributed by atoms with Crippen LogP contribution in [0.15, 0.2) is 54.7 Å². The van der Waals surface area contributed by atoms with Crippen molar-refractivity contribution in [2.24, 2.45) is 0 Å². The number of nitrogens with one attached hydrogen (secondary N) is 2. The van der Waals surface area contributed by atoms with Gasteiger partial charge in [0, 0.05) is 5.02 Å². The molecule has 0 saturated heterocycles. The minimum Gasteiger partial charge on any atom is -0.300 e. The van der Waals surface area contributed by atoms with Gasteiger partial charge >= 0.3 is 0 Å². The molecule has 0 atom stereocenters. The van der Waals surface area contributed by atoms with Crippen LogP contribution in [-0.2, 0) is 0 Å². The third-order valence-corrected chi connectivity index (χ3v) is 2.88. The summed E-state index contributed by atoms with van der Waals surface area (Å²) in [4.78, 5) is 8.77. The summed E-state index contributed by atoms with van der Waals surface area (Å²) in [7, 11) is 0. The Bertz CT molecular complexity index is 697. The largest absolute Gasteiger partial charge is 0.300 e. The molecule has 0 aliphatic carbocycles. The molecule has 0 aliphatic rings. The standard InChI is InChI=1S/C14H11ClN4/c15-10-5-7-11(8-6-10)18-19-14-9-16-12-3-1-2-4-13(12)17-14/h1-9,18H,(H,17,19). The number of aromatic nitrogens is 2. The Morgan fingerprint density at radius 2 is 1.58 bits per heavy atom. The van der Waals surface area contributed by atoms with E-state index in [-0.39, 0.29) is 0 Å². The van der Waals surface area contributed by atoms with Gasteiger partial charge in [-0.15, -0.1) is 0 Å². The van der Waals surface area contributed by atoms with E-state index in [9.17, 15) is 0 Å². The summed E-state index contributed by atoms with van der Waals surface area (Å²) < 4.78 is 0. The molecule has 4 nitrogen and oxygen atoms in total. The first-order chi connectivity index (χ1) is 9.31. The van der Waals surface area contributed by atoms with Crippen LogP contribution in [0.4, 0.5) is 11.5 Å². The van der Waals surface area contributed by atoms with Crippen LogP contribution in [0, 0.1) is 0 Å². The van der Waals surface area contributed by atoms with E-state index in [4.69, 9.17) is 11.6 Å². The maximum absolute atomic E-state index is 5.82. The molecule has 0 aliphatic heterocycles. The van der Waals surface area contributed by atoms with E-state index in [1.165, 1.54) is 0 Å². The van der Waals surface area contributed by atoms with Gasteiger partial charge in [0.05, 0.1) is 22.9 Å². The first-order valence-electron chi connectivity index (χ1n) is 5.81. The monoisotopic (exact) mass is 270 g/mol. The molecular formula is C14H11ClN4. The van der Waals surface area contributed by atoms with Crippen LogP contribution < -0.4 is 10.9 Å². The number of rotatable bonds is 3. The van der Waals surface area contributed by atoms with Gasteiger partial charge in [-0.25, -0.2) is 4.98 Å². The Morgan fingerprint density at radius 3 is 2.37 bits per heavy atom. The fraction of sp³-hybridized carbons (Fsp3) is 0. The number of para-hydroxylation sites is 2. The van der Waals surface area contributed by atoms with Crippen LogP contribution >= 0.6 is 11.6 Å². The highest BCUT2D eigenvalue weighted by Gasteiger charge is 1.98. The summed E-state index contributed by atoms with van der Waals surface area (Å²) in [5.74, 6) is 0.661. The molecule has 0 bridgehead atoms. The van der Waals surface area contributed by atoms with Gasteiger partial charge < -0.3 is 0 Å². The Morgan fingerprint density at radius 1 is 0.842 bits per heavy atom. The number of halogens is 1. The fourth-order valence-electron chi connectivity index (χ4n) is 1.69. The number of anilines is 2. The Balaban J connectivity index is 1.76. The van der Waals surface area contributed by atoms with Crippen LogP contribution in [0.2, 0.25) is 5.02 Å². The molecule has 0 spiro atoms. The second kappa shape index (κ2) is 5.12. The van der Waals surface area contributed by atoms with Gasteiger partial charge in [-0.3, -0.25) is 15.8 Å². The topological polar surface area (TPSA) is 49.8 Å². The van der Waals surface area contributed by atoms with Gasteiger partial charge in [-0.05, 0) is 36.4 Å². The van der Waals surface area contributed by atoms with Gasteiger partial charge in [-0.1, -0.05) is 23.7 Å². The first-order valence-corrected chi connectivity index (χ1v) is 6.18. The summed E-state index contributed by atoms with van der Waals surface area (Å²) in [6, 6.07) is 15.1. The molecule has 3 rings (SSSR count). The highest BCUT2D eigenvalue weighted by Crippen LogP contribution is 2.15. The number of hydrogen-bond acceptors (Lipinski definition) is 4. The third kappa shape index (κ3) is 2.74. The number of hydrogen-bond donors (Lipinski definition) is 2. The number of fused-ring (bicyclic) bond motifs is 1. The average molecular weight is 271 g/mol. The van der Waals surface area contributed by atoms with E-state index in [2.05, 4.69) is 20.8 Å². The van der Waals surface area contributed by atoms with E-state index >= 15 is 0 Å². The Labute approximate surface area is 115 Å². The first kappa shape index (κ1) is 11.7. The molecule has 1 aromatic heterocycles. The van der Waals surface area contributed by atoms with Crippen molar-refractivity contribution in [1.82, 2.24) is 9.97 Å². The molecule has 1 heterocycles. The Kier molecular flexibility index (Phi) is 3.16. The molecule has 19 heavy (non-hydrogen) atoms. The zero-order chi connectivity index (χ0) is 13.1. The predicted molar refractivity (Wildman–Crippen MR) is 78.2 cm³/mol. The SMILES string of the molecule is Clc1ccc(NNc2cnc3ccccc3n2)cc1. The second-order valence-electron chi connectivity index (χ2n) is 4.00. The molecule has 0 fully saturated rings. The summed E-state index contributed by atoms with van der Waals surface area (Å²) in [6.45, 7) is 0. The molecule has 0 unspecified atom stereocenters. The van der Waals surface area contributed by atoms with E-state index in [1.54, 1.807) is 6.20 Å². The maximum atomic E-state index is 5.82. The molecule has 2 N–H and O–H groups in total. The lowest BCUT2D eigenvalue weighted by molar-refractivity contribution is 1.25. The molecule has 2 aromatic carbocycles. The van der Waals surface area contributed by atoms with Crippen LogP contribution in [0.25, 0.3) is 11.0 Å². The summed E-state index contributed by atoms with van der Waals surface area (Å²) in [6.07, 6.45) is 1.69. The lowest BCUT2D eigenvalue weighted by atomic mass is 10.3. The van der Waals surface area contributed by atoms with Crippen LogP contribution in [0.1, 0.15) is 0 Å². The van der Waals surface area contributed by atoms with E-state index in [0.29, 0.717) is 10.8 Å². The van der Waals surface area contributed by atoms with Crippen LogP contribution in [0.5, 0.6) is 0 Å². The highest BCUT2D eigenvalue weighted by atomic mass is 35.5. The average Bonchev–Trinajstić information content (AvgIpc) is 2.46. The van der Waals surface area contributed by atoms with Crippen molar-refractivity contribution in [3.05, 3.63) is 59.8 Å². The highest BCUT2D eigenvalue weighted by molar-refractivity contribution is 6.30. The maximum Gasteiger partial charge on any atom is 0.163 e. The molecule has 0 radical (unpaired) electrons. The van der Waals surface area contributed by atoms with Crippen LogP contribution in [-0.4, -0.2) is 9.97 Å². The van der Waals surface area contributed by atoms with E-state index < -0.39 is 0 Å². The number of hydrazine groups is 1. The normalized spacial score (nSPS) is 10.4.